The van der Waals surface area contributed by atoms with E-state index >= 15 is 0 Å². The van der Waals surface area contributed by atoms with Gasteiger partial charge in [-0.05, 0) is 81.1 Å². The van der Waals surface area contributed by atoms with Crippen LogP contribution < -0.4 is 14.4 Å². The number of hydrogen-bond acceptors (Lipinski definition) is 4. The van der Waals surface area contributed by atoms with Gasteiger partial charge in [0.1, 0.15) is 12.3 Å². The second-order valence-corrected chi connectivity index (χ2v) is 10.5. The van der Waals surface area contributed by atoms with Gasteiger partial charge in [0.05, 0.1) is 23.7 Å². The van der Waals surface area contributed by atoms with Crippen LogP contribution in [0, 0.1) is 27.7 Å². The van der Waals surface area contributed by atoms with Crippen LogP contribution in [0.3, 0.4) is 0 Å². The molecule has 34 heavy (non-hydrogen) atoms. The van der Waals surface area contributed by atoms with Crippen molar-refractivity contribution in [1.29, 1.82) is 0 Å². The van der Waals surface area contributed by atoms with E-state index in [9.17, 15) is 13.2 Å². The van der Waals surface area contributed by atoms with Crippen molar-refractivity contribution in [2.75, 3.05) is 18.0 Å². The molecule has 0 aliphatic rings. The summed E-state index contributed by atoms with van der Waals surface area (Å²) < 4.78 is 33.9. The van der Waals surface area contributed by atoms with Crippen molar-refractivity contribution in [2.45, 2.75) is 45.6 Å². The molecule has 0 aliphatic carbocycles. The number of carbonyl (C=O) groups is 1. The number of aryl methyl sites for hydroxylation is 4. The van der Waals surface area contributed by atoms with Gasteiger partial charge in [-0.1, -0.05) is 42.0 Å². The van der Waals surface area contributed by atoms with E-state index in [1.807, 2.05) is 58.9 Å². The maximum Gasteiger partial charge on any atom is 0.264 e. The first-order valence-electron chi connectivity index (χ1n) is 11.1. The number of methoxy groups -OCH3 is 1. The highest BCUT2D eigenvalue weighted by molar-refractivity contribution is 7.92. The number of benzene rings is 3. The van der Waals surface area contributed by atoms with Crippen LogP contribution in [0.15, 0.2) is 65.6 Å². The fourth-order valence-corrected chi connectivity index (χ4v) is 5.09. The van der Waals surface area contributed by atoms with Crippen molar-refractivity contribution in [3.63, 3.8) is 0 Å². The van der Waals surface area contributed by atoms with E-state index in [-0.39, 0.29) is 17.5 Å². The fourth-order valence-electron chi connectivity index (χ4n) is 3.67. The molecule has 0 aromatic heterocycles. The number of hydrogen-bond donors (Lipinski definition) is 1. The minimum absolute atomic E-state index is 0.108. The number of nitrogens with zero attached hydrogens (tertiary/aromatic N) is 1. The van der Waals surface area contributed by atoms with Gasteiger partial charge in [0.2, 0.25) is 5.91 Å². The van der Waals surface area contributed by atoms with E-state index in [0.29, 0.717) is 11.4 Å². The fraction of sp³-hybridized carbons (Fsp3) is 0.296. The lowest BCUT2D eigenvalue weighted by molar-refractivity contribution is -0.120. The molecule has 0 saturated carbocycles. The summed E-state index contributed by atoms with van der Waals surface area (Å²) in [5.41, 5.74) is 5.37. The predicted octanol–water partition coefficient (Wildman–Crippen LogP) is 5.00. The maximum atomic E-state index is 13.7. The Morgan fingerprint density at radius 3 is 2.18 bits per heavy atom. The Balaban J connectivity index is 1.97. The highest BCUT2D eigenvalue weighted by Gasteiger charge is 2.30. The van der Waals surface area contributed by atoms with Crippen molar-refractivity contribution >= 4 is 21.6 Å². The van der Waals surface area contributed by atoms with Gasteiger partial charge >= 0.3 is 0 Å². The molecule has 7 heteroatoms. The Morgan fingerprint density at radius 1 is 0.912 bits per heavy atom. The summed E-state index contributed by atoms with van der Waals surface area (Å²) in [6, 6.07) is 17.6. The van der Waals surface area contributed by atoms with Crippen molar-refractivity contribution in [2.24, 2.45) is 0 Å². The van der Waals surface area contributed by atoms with Crippen LogP contribution in [0.5, 0.6) is 5.75 Å². The first-order valence-corrected chi connectivity index (χ1v) is 12.6. The van der Waals surface area contributed by atoms with Gasteiger partial charge in [-0.15, -0.1) is 0 Å². The van der Waals surface area contributed by atoms with Crippen LogP contribution in [0.4, 0.5) is 5.69 Å². The molecule has 0 bridgehead atoms. The predicted molar refractivity (Wildman–Crippen MR) is 136 cm³/mol. The monoisotopic (exact) mass is 480 g/mol. The van der Waals surface area contributed by atoms with Gasteiger partial charge in [-0.3, -0.25) is 9.10 Å². The van der Waals surface area contributed by atoms with Crippen LogP contribution >= 0.6 is 0 Å². The lowest BCUT2D eigenvalue weighted by Gasteiger charge is -2.27. The minimum Gasteiger partial charge on any atom is -0.495 e. The molecule has 0 radical (unpaired) electrons. The van der Waals surface area contributed by atoms with E-state index < -0.39 is 15.9 Å². The number of sulfonamides is 1. The highest BCUT2D eigenvalue weighted by Crippen LogP contribution is 2.33. The zero-order valence-electron chi connectivity index (χ0n) is 20.5. The third kappa shape index (κ3) is 5.59. The molecule has 0 fully saturated rings. The van der Waals surface area contributed by atoms with Crippen LogP contribution in [-0.2, 0) is 14.8 Å². The summed E-state index contributed by atoms with van der Waals surface area (Å²) in [4.78, 5) is 13.2. The number of rotatable bonds is 8. The van der Waals surface area contributed by atoms with E-state index in [1.165, 1.54) is 12.7 Å². The Hall–Kier alpha value is -3.32. The third-order valence-corrected chi connectivity index (χ3v) is 7.68. The van der Waals surface area contributed by atoms with Gasteiger partial charge in [0.25, 0.3) is 10.0 Å². The zero-order chi connectivity index (χ0) is 25.0. The van der Waals surface area contributed by atoms with Crippen molar-refractivity contribution < 1.29 is 17.9 Å². The number of nitrogens with one attached hydrogen (secondary N) is 1. The average molecular weight is 481 g/mol. The van der Waals surface area contributed by atoms with Crippen molar-refractivity contribution in [1.82, 2.24) is 5.32 Å². The number of ether oxygens (including phenoxy) is 1. The van der Waals surface area contributed by atoms with Gasteiger partial charge < -0.3 is 10.1 Å². The Labute approximate surface area is 202 Å². The summed E-state index contributed by atoms with van der Waals surface area (Å²) in [5.74, 6) is -0.0405. The minimum atomic E-state index is -4.04. The summed E-state index contributed by atoms with van der Waals surface area (Å²) in [6.45, 7) is 9.30. The molecule has 1 N–H and O–H groups in total. The average Bonchev–Trinajstić information content (AvgIpc) is 2.79. The first kappa shape index (κ1) is 25.3. The van der Waals surface area contributed by atoms with E-state index in [0.717, 1.165) is 26.6 Å². The van der Waals surface area contributed by atoms with Crippen molar-refractivity contribution in [3.05, 3.63) is 88.5 Å². The molecule has 3 rings (SSSR count). The molecular weight excluding hydrogens is 448 g/mol. The van der Waals surface area contributed by atoms with Crippen molar-refractivity contribution in [3.8, 4) is 5.75 Å². The van der Waals surface area contributed by atoms with Crippen LogP contribution in [0.1, 0.15) is 40.8 Å². The largest absolute Gasteiger partial charge is 0.495 e. The summed E-state index contributed by atoms with van der Waals surface area (Å²) in [7, 11) is -2.56. The lowest BCUT2D eigenvalue weighted by Crippen LogP contribution is -2.41. The second-order valence-electron chi connectivity index (χ2n) is 8.63. The molecule has 6 nitrogen and oxygen atoms in total. The van der Waals surface area contributed by atoms with Gasteiger partial charge in [0, 0.05) is 0 Å². The molecule has 1 amide bonds. The Kier molecular flexibility index (Phi) is 7.67. The molecule has 180 valence electrons. The Morgan fingerprint density at radius 2 is 1.56 bits per heavy atom. The highest BCUT2D eigenvalue weighted by atomic mass is 32.2. The molecular formula is C27H32N2O4S. The van der Waals surface area contributed by atoms with Gasteiger partial charge in [-0.2, -0.15) is 0 Å². The number of carbonyl (C=O) groups excluding carboxylic acids is 1. The molecule has 0 aliphatic heterocycles. The lowest BCUT2D eigenvalue weighted by atomic mass is 10.0. The zero-order valence-corrected chi connectivity index (χ0v) is 21.4. The number of anilines is 1. The van der Waals surface area contributed by atoms with Crippen LogP contribution in [0.25, 0.3) is 0 Å². The standard InChI is InChI=1S/C27H32N2O4S/c1-18-7-12-24(13-8-18)34(31,32)29(25-15-19(2)9-14-26(25)33-6)17-27(30)28-22(5)23-11-10-20(3)21(4)16-23/h7-16,22H,17H2,1-6H3,(H,28,30). The van der Waals surface area contributed by atoms with Crippen LogP contribution in [0.2, 0.25) is 0 Å². The molecule has 3 aromatic carbocycles. The molecule has 0 saturated heterocycles. The summed E-state index contributed by atoms with van der Waals surface area (Å²) >= 11 is 0. The molecule has 1 atom stereocenters. The van der Waals surface area contributed by atoms with E-state index in [4.69, 9.17) is 4.74 Å². The van der Waals surface area contributed by atoms with E-state index in [2.05, 4.69) is 5.32 Å². The molecule has 1 unspecified atom stereocenters. The quantitative estimate of drug-likeness (QED) is 0.492. The summed E-state index contributed by atoms with van der Waals surface area (Å²) in [5, 5.41) is 2.94. The molecule has 0 heterocycles. The van der Waals surface area contributed by atoms with E-state index in [1.54, 1.807) is 36.4 Å². The number of amides is 1. The summed E-state index contributed by atoms with van der Waals surface area (Å²) in [6.07, 6.45) is 0. The second kappa shape index (κ2) is 10.3. The normalized spacial score (nSPS) is 12.2. The topological polar surface area (TPSA) is 75.7 Å². The molecule has 3 aromatic rings. The Bertz CT molecular complexity index is 1280. The van der Waals surface area contributed by atoms with Crippen LogP contribution in [-0.4, -0.2) is 28.0 Å². The third-order valence-electron chi connectivity index (χ3n) is 5.91. The first-order chi connectivity index (χ1) is 16.0. The SMILES string of the molecule is COc1ccc(C)cc1N(CC(=O)NC(C)c1ccc(C)c(C)c1)S(=O)(=O)c1ccc(C)cc1. The smallest absolute Gasteiger partial charge is 0.264 e. The van der Waals surface area contributed by atoms with Gasteiger partial charge in [0.15, 0.2) is 0 Å². The maximum absolute atomic E-state index is 13.7. The van der Waals surface area contributed by atoms with Gasteiger partial charge in [-0.25, -0.2) is 8.42 Å². The molecule has 0 spiro atoms.